The van der Waals surface area contributed by atoms with Crippen LogP contribution in [0.5, 0.6) is 0 Å². The van der Waals surface area contributed by atoms with Gasteiger partial charge in [-0.1, -0.05) is 0 Å². The molecule has 4 nitrogen and oxygen atoms in total. The molecule has 0 amide bonds. The van der Waals surface area contributed by atoms with Gasteiger partial charge in [0.25, 0.3) is 0 Å². The number of aliphatic hydroxyl groups is 2. The Kier molecular flexibility index (Phi) is 2.03. The van der Waals surface area contributed by atoms with Crippen LogP contribution in [0.3, 0.4) is 0 Å². The molecule has 1 heterocycles. The third kappa shape index (κ3) is 1.17. The van der Waals surface area contributed by atoms with Gasteiger partial charge < -0.3 is 10.2 Å². The van der Waals surface area contributed by atoms with Crippen LogP contribution < -0.4 is 0 Å². The number of hydrogen-bond acceptors (Lipinski definition) is 3. The van der Waals surface area contributed by atoms with Gasteiger partial charge in [0.05, 0.1) is 12.3 Å². The number of aromatic nitrogens is 2. The smallest absolute Gasteiger partial charge is 0.136 e. The van der Waals surface area contributed by atoms with E-state index in [0.717, 1.165) is 11.3 Å². The first-order chi connectivity index (χ1) is 4.77. The van der Waals surface area contributed by atoms with Crippen LogP contribution in [-0.4, -0.2) is 20.0 Å². The van der Waals surface area contributed by atoms with E-state index in [2.05, 4.69) is 5.10 Å². The molecule has 10 heavy (non-hydrogen) atoms. The summed E-state index contributed by atoms with van der Waals surface area (Å²) in [5.74, 6) is 0. The largest absolute Gasteiger partial charge is 0.392 e. The standard InChI is InChI=1S/C6H10N2O2/c1-5-6(3-9)2-8(4-10)7-5/h2,9-10H,3-4H2,1H3. The van der Waals surface area contributed by atoms with Gasteiger partial charge in [-0.15, -0.1) is 0 Å². The van der Waals surface area contributed by atoms with E-state index in [1.165, 1.54) is 4.68 Å². The van der Waals surface area contributed by atoms with Crippen molar-refractivity contribution >= 4 is 0 Å². The molecular weight excluding hydrogens is 132 g/mol. The van der Waals surface area contributed by atoms with Gasteiger partial charge in [-0.3, -0.25) is 0 Å². The van der Waals surface area contributed by atoms with Gasteiger partial charge >= 0.3 is 0 Å². The molecular formula is C6H10N2O2. The Balaban J connectivity index is 2.92. The molecule has 0 aromatic carbocycles. The monoisotopic (exact) mass is 142 g/mol. The predicted molar refractivity (Wildman–Crippen MR) is 35.1 cm³/mol. The van der Waals surface area contributed by atoms with E-state index in [0.29, 0.717) is 0 Å². The van der Waals surface area contributed by atoms with Gasteiger partial charge in [0.1, 0.15) is 6.73 Å². The molecule has 0 atom stereocenters. The lowest BCUT2D eigenvalue weighted by Crippen LogP contribution is -1.96. The minimum absolute atomic E-state index is 0.0220. The van der Waals surface area contributed by atoms with Crippen molar-refractivity contribution in [3.05, 3.63) is 17.5 Å². The third-order valence-corrected chi connectivity index (χ3v) is 1.36. The molecule has 2 N–H and O–H groups in total. The molecule has 56 valence electrons. The number of rotatable bonds is 2. The molecule has 0 unspecified atom stereocenters. The number of aryl methyl sites for hydroxylation is 1. The van der Waals surface area contributed by atoms with Crippen LogP contribution in [0.25, 0.3) is 0 Å². The van der Waals surface area contributed by atoms with Gasteiger partial charge in [-0.2, -0.15) is 5.10 Å². The van der Waals surface area contributed by atoms with Crippen molar-refractivity contribution in [3.63, 3.8) is 0 Å². The topological polar surface area (TPSA) is 58.3 Å². The average Bonchev–Trinajstić information content (AvgIpc) is 2.30. The zero-order valence-corrected chi connectivity index (χ0v) is 5.78. The van der Waals surface area contributed by atoms with Crippen LogP contribution in [0.2, 0.25) is 0 Å². The Morgan fingerprint density at radius 1 is 1.60 bits per heavy atom. The maximum atomic E-state index is 8.69. The van der Waals surface area contributed by atoms with E-state index in [1.807, 2.05) is 0 Å². The van der Waals surface area contributed by atoms with Crippen molar-refractivity contribution in [1.29, 1.82) is 0 Å². The molecule has 0 fully saturated rings. The minimum Gasteiger partial charge on any atom is -0.392 e. The maximum Gasteiger partial charge on any atom is 0.136 e. The predicted octanol–water partition coefficient (Wildman–Crippen LogP) is -0.366. The molecule has 0 saturated carbocycles. The SMILES string of the molecule is Cc1nn(CO)cc1CO. The normalized spacial score (nSPS) is 10.3. The fourth-order valence-electron chi connectivity index (χ4n) is 0.787. The molecule has 0 aliphatic rings. The third-order valence-electron chi connectivity index (χ3n) is 1.36. The van der Waals surface area contributed by atoms with Crippen LogP contribution in [0.4, 0.5) is 0 Å². The van der Waals surface area contributed by atoms with E-state index < -0.39 is 0 Å². The molecule has 1 aromatic heterocycles. The Morgan fingerprint density at radius 3 is 2.60 bits per heavy atom. The Bertz CT molecular complexity index is 220. The number of nitrogens with zero attached hydrogens (tertiary/aromatic N) is 2. The summed E-state index contributed by atoms with van der Waals surface area (Å²) in [5, 5.41) is 21.2. The van der Waals surface area contributed by atoms with E-state index in [-0.39, 0.29) is 13.3 Å². The summed E-state index contributed by atoms with van der Waals surface area (Å²) >= 11 is 0. The Labute approximate surface area is 58.7 Å². The molecule has 0 radical (unpaired) electrons. The highest BCUT2D eigenvalue weighted by atomic mass is 16.3. The quantitative estimate of drug-likeness (QED) is 0.592. The first-order valence-electron chi connectivity index (χ1n) is 3.02. The molecule has 0 spiro atoms. The van der Waals surface area contributed by atoms with Crippen LogP contribution in [0.15, 0.2) is 6.20 Å². The summed E-state index contributed by atoms with van der Waals surface area (Å²) in [6, 6.07) is 0. The first kappa shape index (κ1) is 7.24. The van der Waals surface area contributed by atoms with Crippen molar-refractivity contribution in [1.82, 2.24) is 9.78 Å². The lowest BCUT2D eigenvalue weighted by molar-refractivity contribution is 0.194. The first-order valence-corrected chi connectivity index (χ1v) is 3.02. The summed E-state index contributed by atoms with van der Waals surface area (Å²) in [4.78, 5) is 0. The zero-order chi connectivity index (χ0) is 7.56. The van der Waals surface area contributed by atoms with E-state index in [9.17, 15) is 0 Å². The van der Waals surface area contributed by atoms with Crippen molar-refractivity contribution < 1.29 is 10.2 Å². The van der Waals surface area contributed by atoms with Crippen LogP contribution >= 0.6 is 0 Å². The maximum absolute atomic E-state index is 8.69. The van der Waals surface area contributed by atoms with Gasteiger partial charge in [-0.05, 0) is 6.92 Å². The lowest BCUT2D eigenvalue weighted by Gasteiger charge is -1.88. The lowest BCUT2D eigenvalue weighted by atomic mass is 10.3. The van der Waals surface area contributed by atoms with Gasteiger partial charge in [-0.25, -0.2) is 4.68 Å². The van der Waals surface area contributed by atoms with Crippen LogP contribution in [0.1, 0.15) is 11.3 Å². The van der Waals surface area contributed by atoms with Crippen molar-refractivity contribution in [2.45, 2.75) is 20.3 Å². The molecule has 0 aliphatic carbocycles. The Hall–Kier alpha value is -0.870. The van der Waals surface area contributed by atoms with Gasteiger partial charge in [0.15, 0.2) is 0 Å². The van der Waals surface area contributed by atoms with E-state index >= 15 is 0 Å². The molecule has 1 aromatic rings. The van der Waals surface area contributed by atoms with E-state index in [4.69, 9.17) is 10.2 Å². The summed E-state index contributed by atoms with van der Waals surface area (Å²) < 4.78 is 1.38. The fraction of sp³-hybridized carbons (Fsp3) is 0.500. The zero-order valence-electron chi connectivity index (χ0n) is 5.78. The number of hydrogen-bond donors (Lipinski definition) is 2. The summed E-state index contributed by atoms with van der Waals surface area (Å²) in [5.41, 5.74) is 1.52. The second-order valence-corrected chi connectivity index (χ2v) is 2.08. The summed E-state index contributed by atoms with van der Waals surface area (Å²) in [7, 11) is 0. The van der Waals surface area contributed by atoms with Crippen molar-refractivity contribution in [2.75, 3.05) is 0 Å². The molecule has 4 heteroatoms. The highest BCUT2D eigenvalue weighted by Gasteiger charge is 2.00. The average molecular weight is 142 g/mol. The second-order valence-electron chi connectivity index (χ2n) is 2.08. The van der Waals surface area contributed by atoms with Gasteiger partial charge in [0, 0.05) is 11.8 Å². The molecule has 0 aliphatic heterocycles. The van der Waals surface area contributed by atoms with Crippen molar-refractivity contribution in [2.24, 2.45) is 0 Å². The number of aliphatic hydroxyl groups excluding tert-OH is 2. The minimum atomic E-state index is -0.138. The summed E-state index contributed by atoms with van der Waals surface area (Å²) in [6.45, 7) is 1.63. The second kappa shape index (κ2) is 2.81. The molecule has 0 bridgehead atoms. The van der Waals surface area contributed by atoms with Crippen LogP contribution in [0, 0.1) is 6.92 Å². The molecule has 1 rings (SSSR count). The molecule has 0 saturated heterocycles. The van der Waals surface area contributed by atoms with E-state index in [1.54, 1.807) is 13.1 Å². The Morgan fingerprint density at radius 2 is 2.30 bits per heavy atom. The summed E-state index contributed by atoms with van der Waals surface area (Å²) in [6.07, 6.45) is 1.62. The fourth-order valence-corrected chi connectivity index (χ4v) is 0.787. The van der Waals surface area contributed by atoms with Crippen molar-refractivity contribution in [3.8, 4) is 0 Å². The highest BCUT2D eigenvalue weighted by molar-refractivity contribution is 5.13. The van der Waals surface area contributed by atoms with Crippen LogP contribution in [-0.2, 0) is 13.3 Å². The highest BCUT2D eigenvalue weighted by Crippen LogP contribution is 2.03. The van der Waals surface area contributed by atoms with Gasteiger partial charge in [0.2, 0.25) is 0 Å².